The van der Waals surface area contributed by atoms with Crippen molar-refractivity contribution in [1.82, 2.24) is 14.7 Å². The van der Waals surface area contributed by atoms with Crippen molar-refractivity contribution in [2.45, 2.75) is 25.8 Å². The molecular weight excluding hydrogens is 433 g/mol. The van der Waals surface area contributed by atoms with Gasteiger partial charge in [-0.2, -0.15) is 9.78 Å². The standard InChI is InChI=1S/C26H28FN5O2/c1-17-4-9-25(33)32(28-17)20-5-7-22-18(14-20)10-13-31(26(22)34)19-6-8-24(23(27)15-19)30-12-11-21(16-30)29(2)3/h4-9,14-15,21H,10-13,16H2,1-3H3/t21-/m1/s1. The number of carbonyl (C=O) groups is 1. The Kier molecular flexibility index (Phi) is 5.69. The van der Waals surface area contributed by atoms with Crippen LogP contribution in [0.3, 0.4) is 0 Å². The van der Waals surface area contributed by atoms with E-state index >= 15 is 4.39 Å². The number of hydrogen-bond acceptors (Lipinski definition) is 5. The zero-order valence-corrected chi connectivity index (χ0v) is 19.7. The summed E-state index contributed by atoms with van der Waals surface area (Å²) >= 11 is 0. The first-order valence-electron chi connectivity index (χ1n) is 11.5. The molecule has 7 nitrogen and oxygen atoms in total. The molecule has 1 aromatic heterocycles. The lowest BCUT2D eigenvalue weighted by Crippen LogP contribution is -2.38. The van der Waals surface area contributed by atoms with E-state index in [9.17, 15) is 9.59 Å². The van der Waals surface area contributed by atoms with Gasteiger partial charge in [0.1, 0.15) is 5.82 Å². The Morgan fingerprint density at radius 2 is 1.79 bits per heavy atom. The van der Waals surface area contributed by atoms with Crippen LogP contribution in [0.2, 0.25) is 0 Å². The molecule has 3 heterocycles. The Hall–Kier alpha value is -3.52. The molecule has 1 atom stereocenters. The first-order chi connectivity index (χ1) is 16.3. The summed E-state index contributed by atoms with van der Waals surface area (Å²) in [4.78, 5) is 31.4. The second-order valence-corrected chi connectivity index (χ2v) is 9.26. The van der Waals surface area contributed by atoms with Gasteiger partial charge in [0.05, 0.1) is 17.1 Å². The first-order valence-corrected chi connectivity index (χ1v) is 11.5. The molecule has 0 radical (unpaired) electrons. The molecule has 0 N–H and O–H groups in total. The predicted octanol–water partition coefficient (Wildman–Crippen LogP) is 3.02. The second-order valence-electron chi connectivity index (χ2n) is 9.26. The Bertz CT molecular complexity index is 1320. The molecule has 0 spiro atoms. The third-order valence-corrected chi connectivity index (χ3v) is 6.82. The van der Waals surface area contributed by atoms with E-state index in [2.05, 4.69) is 14.9 Å². The average molecular weight is 462 g/mol. The van der Waals surface area contributed by atoms with Gasteiger partial charge in [0.2, 0.25) is 0 Å². The molecule has 34 heavy (non-hydrogen) atoms. The number of likely N-dealkylation sites (N-methyl/N-ethyl adjacent to an activating group) is 1. The Morgan fingerprint density at radius 3 is 2.53 bits per heavy atom. The fraction of sp³-hybridized carbons (Fsp3) is 0.346. The van der Waals surface area contributed by atoms with Gasteiger partial charge < -0.3 is 14.7 Å². The number of anilines is 2. The van der Waals surface area contributed by atoms with Gasteiger partial charge in [0, 0.05) is 43.0 Å². The first kappa shape index (κ1) is 22.3. The van der Waals surface area contributed by atoms with E-state index in [0.717, 1.165) is 30.8 Å². The minimum Gasteiger partial charge on any atom is -0.368 e. The molecule has 0 bridgehead atoms. The maximum Gasteiger partial charge on any atom is 0.271 e. The summed E-state index contributed by atoms with van der Waals surface area (Å²) in [6, 6.07) is 13.9. The number of aryl methyl sites for hydroxylation is 1. The lowest BCUT2D eigenvalue weighted by Gasteiger charge is -2.30. The van der Waals surface area contributed by atoms with Crippen LogP contribution in [-0.2, 0) is 6.42 Å². The van der Waals surface area contributed by atoms with Crippen molar-refractivity contribution in [2.75, 3.05) is 43.5 Å². The van der Waals surface area contributed by atoms with Crippen molar-refractivity contribution in [2.24, 2.45) is 0 Å². The van der Waals surface area contributed by atoms with Crippen molar-refractivity contribution in [1.29, 1.82) is 0 Å². The number of nitrogens with zero attached hydrogens (tertiary/aromatic N) is 5. The normalized spacial score (nSPS) is 18.0. The van der Waals surface area contributed by atoms with E-state index in [1.54, 1.807) is 29.2 Å². The van der Waals surface area contributed by atoms with Crippen molar-refractivity contribution < 1.29 is 9.18 Å². The molecule has 2 aromatic carbocycles. The van der Waals surface area contributed by atoms with Crippen LogP contribution in [-0.4, -0.2) is 60.4 Å². The Balaban J connectivity index is 1.38. The van der Waals surface area contributed by atoms with E-state index in [-0.39, 0.29) is 17.3 Å². The smallest absolute Gasteiger partial charge is 0.271 e. The van der Waals surface area contributed by atoms with E-state index in [0.29, 0.717) is 41.6 Å². The van der Waals surface area contributed by atoms with Crippen molar-refractivity contribution in [3.05, 3.63) is 81.5 Å². The molecule has 1 saturated heterocycles. The fourth-order valence-electron chi connectivity index (χ4n) is 4.84. The summed E-state index contributed by atoms with van der Waals surface area (Å²) in [5.41, 5.74) is 3.70. The molecule has 2 aliphatic rings. The highest BCUT2D eigenvalue weighted by atomic mass is 19.1. The predicted molar refractivity (Wildman–Crippen MR) is 131 cm³/mol. The summed E-state index contributed by atoms with van der Waals surface area (Å²) in [6.07, 6.45) is 1.61. The number of rotatable bonds is 4. The van der Waals surface area contributed by atoms with E-state index in [1.165, 1.54) is 16.8 Å². The van der Waals surface area contributed by atoms with Crippen LogP contribution >= 0.6 is 0 Å². The third kappa shape index (κ3) is 3.98. The Morgan fingerprint density at radius 1 is 1.00 bits per heavy atom. The highest BCUT2D eigenvalue weighted by Crippen LogP contribution is 2.31. The molecule has 176 valence electrons. The van der Waals surface area contributed by atoms with Gasteiger partial charge in [-0.1, -0.05) is 0 Å². The molecule has 0 saturated carbocycles. The molecular formula is C26H28FN5O2. The molecule has 5 rings (SSSR count). The topological polar surface area (TPSA) is 61.7 Å². The molecule has 8 heteroatoms. The van der Waals surface area contributed by atoms with Crippen LogP contribution in [0.1, 0.15) is 28.0 Å². The van der Waals surface area contributed by atoms with Crippen LogP contribution in [0.15, 0.2) is 53.3 Å². The van der Waals surface area contributed by atoms with Crippen molar-refractivity contribution >= 4 is 17.3 Å². The number of hydrogen-bond donors (Lipinski definition) is 0. The lowest BCUT2D eigenvalue weighted by atomic mass is 9.97. The summed E-state index contributed by atoms with van der Waals surface area (Å²) in [5, 5.41) is 4.30. The van der Waals surface area contributed by atoms with Crippen LogP contribution in [0.5, 0.6) is 0 Å². The van der Waals surface area contributed by atoms with Gasteiger partial charge in [-0.3, -0.25) is 9.59 Å². The van der Waals surface area contributed by atoms with E-state index < -0.39 is 0 Å². The highest BCUT2D eigenvalue weighted by molar-refractivity contribution is 6.08. The van der Waals surface area contributed by atoms with Gasteiger partial charge in [-0.05, 0) is 81.9 Å². The van der Waals surface area contributed by atoms with Crippen molar-refractivity contribution in [3.63, 3.8) is 0 Å². The lowest BCUT2D eigenvalue weighted by molar-refractivity contribution is 0.0980. The van der Waals surface area contributed by atoms with Gasteiger partial charge in [0.15, 0.2) is 0 Å². The minimum absolute atomic E-state index is 0.168. The zero-order valence-electron chi connectivity index (χ0n) is 19.7. The minimum atomic E-state index is -0.309. The van der Waals surface area contributed by atoms with Gasteiger partial charge >= 0.3 is 0 Å². The van der Waals surface area contributed by atoms with Gasteiger partial charge in [0.25, 0.3) is 11.5 Å². The number of carbonyl (C=O) groups excluding carboxylic acids is 1. The number of amides is 1. The van der Waals surface area contributed by atoms with Crippen molar-refractivity contribution in [3.8, 4) is 5.69 Å². The molecule has 1 fully saturated rings. The highest BCUT2D eigenvalue weighted by Gasteiger charge is 2.29. The quantitative estimate of drug-likeness (QED) is 0.598. The summed E-state index contributed by atoms with van der Waals surface area (Å²) in [5.74, 6) is -0.478. The molecule has 0 unspecified atom stereocenters. The molecule has 3 aromatic rings. The molecule has 2 aliphatic heterocycles. The van der Waals surface area contributed by atoms with Crippen LogP contribution in [0, 0.1) is 12.7 Å². The number of fused-ring (bicyclic) bond motifs is 1. The van der Waals surface area contributed by atoms with E-state index in [4.69, 9.17) is 0 Å². The summed E-state index contributed by atoms with van der Waals surface area (Å²) in [6.45, 7) is 3.87. The average Bonchev–Trinajstić information content (AvgIpc) is 3.31. The van der Waals surface area contributed by atoms with Gasteiger partial charge in [-0.25, -0.2) is 4.39 Å². The summed E-state index contributed by atoms with van der Waals surface area (Å²) in [7, 11) is 4.10. The second kappa shape index (κ2) is 8.68. The fourth-order valence-corrected chi connectivity index (χ4v) is 4.84. The Labute approximate surface area is 198 Å². The number of aromatic nitrogens is 2. The van der Waals surface area contributed by atoms with Crippen LogP contribution in [0.25, 0.3) is 5.69 Å². The maximum absolute atomic E-state index is 15.1. The maximum atomic E-state index is 15.1. The number of halogens is 1. The summed E-state index contributed by atoms with van der Waals surface area (Å²) < 4.78 is 16.4. The SMILES string of the molecule is Cc1ccc(=O)n(-c2ccc3c(c2)CCN(c2ccc(N4CC[C@@H](N(C)C)C4)c(F)c2)C3=O)n1. The zero-order chi connectivity index (χ0) is 24.0. The molecule has 0 aliphatic carbocycles. The van der Waals surface area contributed by atoms with Crippen LogP contribution in [0.4, 0.5) is 15.8 Å². The third-order valence-electron chi connectivity index (χ3n) is 6.82. The monoisotopic (exact) mass is 461 g/mol. The van der Waals surface area contributed by atoms with Crippen LogP contribution < -0.4 is 15.4 Å². The van der Waals surface area contributed by atoms with Gasteiger partial charge in [-0.15, -0.1) is 0 Å². The number of benzene rings is 2. The molecule has 1 amide bonds. The van der Waals surface area contributed by atoms with E-state index in [1.807, 2.05) is 33.2 Å². The largest absolute Gasteiger partial charge is 0.368 e.